The Bertz CT molecular complexity index is 3220. The Morgan fingerprint density at radius 2 is 1.04 bits per heavy atom. The molecule has 1 N–H and O–H groups in total. The van der Waals surface area contributed by atoms with Gasteiger partial charge in [-0.2, -0.15) is 0 Å². The van der Waals surface area contributed by atoms with Crippen LogP contribution in [-0.4, -0.2) is 0 Å². The lowest BCUT2D eigenvalue weighted by molar-refractivity contribution is 0.669. The fourth-order valence-corrected chi connectivity index (χ4v) is 9.34. The van der Waals surface area contributed by atoms with Gasteiger partial charge in [0.2, 0.25) is 0 Å². The van der Waals surface area contributed by atoms with Crippen LogP contribution in [0, 0.1) is 0 Å². The van der Waals surface area contributed by atoms with Crippen molar-refractivity contribution in [3.63, 3.8) is 0 Å². The molecule has 11 rings (SSSR count). The third-order valence-electron chi connectivity index (χ3n) is 10.6. The number of hydrogen-bond donors (Lipinski definition) is 1. The van der Waals surface area contributed by atoms with Crippen LogP contribution >= 0.6 is 11.3 Å². The number of hydrogen-bond acceptors (Lipinski definition) is 3. The lowest BCUT2D eigenvalue weighted by atomic mass is 9.91. The monoisotopic (exact) mass is 693 g/mol. The zero-order valence-electron chi connectivity index (χ0n) is 28.6. The molecule has 0 aliphatic carbocycles. The molecule has 0 spiro atoms. The molecule has 0 radical (unpaired) electrons. The highest BCUT2D eigenvalue weighted by molar-refractivity contribution is 7.25. The molecule has 0 atom stereocenters. The van der Waals surface area contributed by atoms with Crippen LogP contribution in [0.25, 0.3) is 97.0 Å². The van der Waals surface area contributed by atoms with E-state index in [1.165, 1.54) is 64.0 Å². The molecule has 53 heavy (non-hydrogen) atoms. The highest BCUT2D eigenvalue weighted by Gasteiger charge is 2.17. The number of benzene rings is 9. The summed E-state index contributed by atoms with van der Waals surface area (Å²) < 4.78 is 9.16. The summed E-state index contributed by atoms with van der Waals surface area (Å²) >= 11 is 1.85. The molecule has 9 aromatic carbocycles. The molecule has 0 saturated heterocycles. The van der Waals surface area contributed by atoms with Gasteiger partial charge in [-0.1, -0.05) is 127 Å². The average molecular weight is 694 g/mol. The maximum atomic E-state index is 6.53. The second-order valence-electron chi connectivity index (χ2n) is 13.7. The molecule has 2 nitrogen and oxygen atoms in total. The summed E-state index contributed by atoms with van der Waals surface area (Å²) in [5.74, 6) is 0. The summed E-state index contributed by atoms with van der Waals surface area (Å²) in [6.45, 7) is 0. The van der Waals surface area contributed by atoms with E-state index in [0.717, 1.165) is 44.4 Å². The predicted molar refractivity (Wildman–Crippen MR) is 228 cm³/mol. The third-order valence-corrected chi connectivity index (χ3v) is 11.8. The smallest absolute Gasteiger partial charge is 0.137 e. The number of rotatable bonds is 5. The van der Waals surface area contributed by atoms with Crippen molar-refractivity contribution in [2.75, 3.05) is 5.32 Å². The van der Waals surface area contributed by atoms with E-state index in [1.807, 2.05) is 11.3 Å². The van der Waals surface area contributed by atoms with Crippen molar-refractivity contribution >= 4 is 86.4 Å². The molecule has 0 aliphatic heterocycles. The predicted octanol–water partition coefficient (Wildman–Crippen LogP) is 15.0. The summed E-state index contributed by atoms with van der Waals surface area (Å²) in [5, 5.41) is 13.7. The van der Waals surface area contributed by atoms with Gasteiger partial charge in [0, 0.05) is 31.2 Å². The second-order valence-corrected chi connectivity index (χ2v) is 14.8. The molecule has 11 aromatic rings. The van der Waals surface area contributed by atoms with Crippen molar-refractivity contribution < 1.29 is 4.42 Å². The fraction of sp³-hybridized carbons (Fsp3) is 0. The maximum absolute atomic E-state index is 6.53. The van der Waals surface area contributed by atoms with Gasteiger partial charge in [0.1, 0.15) is 11.2 Å². The van der Waals surface area contributed by atoms with Crippen molar-refractivity contribution in [2.24, 2.45) is 0 Å². The van der Waals surface area contributed by atoms with Gasteiger partial charge in [-0.15, -0.1) is 11.3 Å². The molecule has 0 unspecified atom stereocenters. The van der Waals surface area contributed by atoms with Gasteiger partial charge < -0.3 is 9.73 Å². The minimum Gasteiger partial charge on any atom is -0.456 e. The SMILES string of the molecule is c1cc(Nc2cccc3oc4cccc(-c5cccc(-c6cc7ccccc7c7ccccc67)c5)c4c23)cc(-c2ccc3c(c2)sc2ccccc23)c1. The Labute approximate surface area is 310 Å². The van der Waals surface area contributed by atoms with Gasteiger partial charge in [-0.05, 0) is 110 Å². The van der Waals surface area contributed by atoms with Crippen molar-refractivity contribution in [3.8, 4) is 33.4 Å². The molecule has 2 heterocycles. The molecule has 0 aliphatic rings. The highest BCUT2D eigenvalue weighted by Crippen LogP contribution is 2.43. The van der Waals surface area contributed by atoms with Crippen LogP contribution in [-0.2, 0) is 0 Å². The number of anilines is 2. The minimum atomic E-state index is 0.862. The van der Waals surface area contributed by atoms with Crippen LogP contribution in [0.4, 0.5) is 11.4 Å². The Balaban J connectivity index is 1.01. The lowest BCUT2D eigenvalue weighted by Gasteiger charge is -2.13. The van der Waals surface area contributed by atoms with E-state index >= 15 is 0 Å². The molecule has 0 amide bonds. The van der Waals surface area contributed by atoms with E-state index in [1.54, 1.807) is 0 Å². The second kappa shape index (κ2) is 11.9. The number of thiophene rings is 1. The van der Waals surface area contributed by atoms with Gasteiger partial charge in [0.05, 0.1) is 11.1 Å². The molecule has 0 saturated carbocycles. The van der Waals surface area contributed by atoms with Crippen LogP contribution in [0.5, 0.6) is 0 Å². The van der Waals surface area contributed by atoms with E-state index in [2.05, 4.69) is 187 Å². The number of furan rings is 1. The van der Waals surface area contributed by atoms with E-state index in [-0.39, 0.29) is 0 Å². The average Bonchev–Trinajstić information content (AvgIpc) is 3.79. The van der Waals surface area contributed by atoms with Gasteiger partial charge in [-0.3, -0.25) is 0 Å². The Morgan fingerprint density at radius 3 is 1.94 bits per heavy atom. The summed E-state index contributed by atoms with van der Waals surface area (Å²) in [6, 6.07) is 65.6. The van der Waals surface area contributed by atoms with Crippen molar-refractivity contribution in [1.29, 1.82) is 0 Å². The Kier molecular flexibility index (Phi) is 6.76. The van der Waals surface area contributed by atoms with Gasteiger partial charge in [0.15, 0.2) is 0 Å². The van der Waals surface area contributed by atoms with Crippen LogP contribution < -0.4 is 5.32 Å². The van der Waals surface area contributed by atoms with Crippen LogP contribution in [0.3, 0.4) is 0 Å². The highest BCUT2D eigenvalue weighted by atomic mass is 32.1. The van der Waals surface area contributed by atoms with Gasteiger partial charge in [0.25, 0.3) is 0 Å². The lowest BCUT2D eigenvalue weighted by Crippen LogP contribution is -1.92. The molecule has 0 bridgehead atoms. The number of fused-ring (bicyclic) bond motifs is 9. The maximum Gasteiger partial charge on any atom is 0.137 e. The Morgan fingerprint density at radius 1 is 0.377 bits per heavy atom. The van der Waals surface area contributed by atoms with Crippen molar-refractivity contribution in [1.82, 2.24) is 0 Å². The quantitative estimate of drug-likeness (QED) is 0.182. The van der Waals surface area contributed by atoms with Crippen LogP contribution in [0.15, 0.2) is 186 Å². The molecule has 248 valence electrons. The van der Waals surface area contributed by atoms with Crippen LogP contribution in [0.1, 0.15) is 0 Å². The van der Waals surface area contributed by atoms with Crippen LogP contribution in [0.2, 0.25) is 0 Å². The first-order chi connectivity index (χ1) is 26.2. The van der Waals surface area contributed by atoms with E-state index in [4.69, 9.17) is 4.42 Å². The molecular formula is C50H31NOS. The summed E-state index contributed by atoms with van der Waals surface area (Å²) in [6.07, 6.45) is 0. The molecule has 0 fully saturated rings. The number of nitrogens with one attached hydrogen (secondary N) is 1. The topological polar surface area (TPSA) is 25.2 Å². The first-order valence-corrected chi connectivity index (χ1v) is 18.8. The zero-order chi connectivity index (χ0) is 34.9. The molecule has 2 aromatic heterocycles. The standard InChI is InChI=1S/C50H31NOS/c1-2-16-37-35(11-1)29-43(40-18-4-3-17-39(37)40)34-14-7-13-33(27-34)38-20-9-22-45-49(38)50-44(21-10-23-46(50)52-45)51-36-15-8-12-31(28-36)32-25-26-42-41-19-5-6-24-47(41)53-48(42)30-32/h1-30,51H. The summed E-state index contributed by atoms with van der Waals surface area (Å²) in [4.78, 5) is 0. The van der Waals surface area contributed by atoms with Gasteiger partial charge in [-0.25, -0.2) is 0 Å². The van der Waals surface area contributed by atoms with Crippen molar-refractivity contribution in [2.45, 2.75) is 0 Å². The minimum absolute atomic E-state index is 0.862. The molecular weight excluding hydrogens is 663 g/mol. The largest absolute Gasteiger partial charge is 0.456 e. The zero-order valence-corrected chi connectivity index (χ0v) is 29.5. The third kappa shape index (κ3) is 4.93. The van der Waals surface area contributed by atoms with E-state index in [9.17, 15) is 0 Å². The Hall–Kier alpha value is -6.68. The molecule has 3 heteroatoms. The first-order valence-electron chi connectivity index (χ1n) is 18.0. The summed E-state index contributed by atoms with van der Waals surface area (Å²) in [5.41, 5.74) is 10.9. The van der Waals surface area contributed by atoms with Gasteiger partial charge >= 0.3 is 0 Å². The van der Waals surface area contributed by atoms with Crippen molar-refractivity contribution in [3.05, 3.63) is 182 Å². The first kappa shape index (κ1) is 30.0. The van der Waals surface area contributed by atoms with E-state index < -0.39 is 0 Å². The van der Waals surface area contributed by atoms with E-state index in [0.29, 0.717) is 0 Å². The summed E-state index contributed by atoms with van der Waals surface area (Å²) in [7, 11) is 0. The fourth-order valence-electron chi connectivity index (χ4n) is 8.20. The normalized spacial score (nSPS) is 11.8.